The van der Waals surface area contributed by atoms with Crippen LogP contribution < -0.4 is 5.32 Å². The minimum absolute atomic E-state index is 0.181. The highest BCUT2D eigenvalue weighted by Gasteiger charge is 2.20. The molecule has 0 spiro atoms. The summed E-state index contributed by atoms with van der Waals surface area (Å²) in [4.78, 5) is 0. The number of halogens is 1. The van der Waals surface area contributed by atoms with E-state index in [0.717, 1.165) is 18.7 Å². The van der Waals surface area contributed by atoms with Gasteiger partial charge in [-0.1, -0.05) is 18.5 Å². The van der Waals surface area contributed by atoms with Crippen LogP contribution in [0.2, 0.25) is 5.02 Å². The number of rotatable bonds is 6. The number of nitrogens with one attached hydrogen (secondary N) is 1. The lowest BCUT2D eigenvalue weighted by Gasteiger charge is -2.21. The van der Waals surface area contributed by atoms with E-state index in [-0.39, 0.29) is 12.1 Å². The number of aromatic nitrogens is 2. The third kappa shape index (κ3) is 3.20. The summed E-state index contributed by atoms with van der Waals surface area (Å²) in [6.07, 6.45) is 2.75. The third-order valence-electron chi connectivity index (χ3n) is 2.69. The van der Waals surface area contributed by atoms with Crippen LogP contribution >= 0.6 is 11.6 Å². The van der Waals surface area contributed by atoms with Crippen LogP contribution in [0.1, 0.15) is 32.0 Å². The van der Waals surface area contributed by atoms with Crippen LogP contribution in [-0.4, -0.2) is 29.5 Å². The van der Waals surface area contributed by atoms with Gasteiger partial charge in [0.1, 0.15) is 0 Å². The molecule has 0 saturated carbocycles. The van der Waals surface area contributed by atoms with Gasteiger partial charge in [0, 0.05) is 14.2 Å². The minimum Gasteiger partial charge on any atom is -0.382 e. The molecule has 0 fully saturated rings. The summed E-state index contributed by atoms with van der Waals surface area (Å²) in [5.41, 5.74) is 1.02. The van der Waals surface area contributed by atoms with Crippen molar-refractivity contribution in [3.8, 4) is 0 Å². The van der Waals surface area contributed by atoms with Gasteiger partial charge in [-0.3, -0.25) is 4.68 Å². The second-order valence-corrected chi connectivity index (χ2v) is 4.30. The molecule has 92 valence electrons. The van der Waals surface area contributed by atoms with Crippen LogP contribution in [0, 0.1) is 0 Å². The van der Waals surface area contributed by atoms with Crippen molar-refractivity contribution < 1.29 is 4.74 Å². The smallest absolute Gasteiger partial charge is 0.0834 e. The molecule has 0 radical (unpaired) electrons. The number of aryl methyl sites for hydroxylation is 1. The van der Waals surface area contributed by atoms with Crippen LogP contribution in [0.15, 0.2) is 6.20 Å². The standard InChI is InChI=1S/C11H20ClN3O/c1-5-13-10(6-8(2)16-4)11-9(12)7-14-15(11)3/h7-8,10,13H,5-6H2,1-4H3. The molecule has 1 rings (SSSR count). The van der Waals surface area contributed by atoms with Gasteiger partial charge in [-0.15, -0.1) is 0 Å². The Bertz CT molecular complexity index is 308. The number of methoxy groups -OCH3 is 1. The van der Waals surface area contributed by atoms with E-state index >= 15 is 0 Å². The molecule has 0 aliphatic heterocycles. The fourth-order valence-corrected chi connectivity index (χ4v) is 2.08. The van der Waals surface area contributed by atoms with E-state index in [1.165, 1.54) is 0 Å². The molecule has 1 aromatic heterocycles. The topological polar surface area (TPSA) is 39.1 Å². The van der Waals surface area contributed by atoms with E-state index in [0.29, 0.717) is 5.02 Å². The van der Waals surface area contributed by atoms with E-state index in [1.54, 1.807) is 13.3 Å². The van der Waals surface area contributed by atoms with E-state index in [9.17, 15) is 0 Å². The van der Waals surface area contributed by atoms with Crippen molar-refractivity contribution in [2.75, 3.05) is 13.7 Å². The molecule has 0 bridgehead atoms. The lowest BCUT2D eigenvalue weighted by atomic mass is 10.1. The fraction of sp³-hybridized carbons (Fsp3) is 0.727. The van der Waals surface area contributed by atoms with Gasteiger partial charge in [-0.2, -0.15) is 5.10 Å². The summed E-state index contributed by atoms with van der Waals surface area (Å²) in [6.45, 7) is 5.02. The van der Waals surface area contributed by atoms with Crippen LogP contribution in [-0.2, 0) is 11.8 Å². The molecule has 2 atom stereocenters. The molecule has 0 aliphatic rings. The predicted octanol–water partition coefficient (Wildman–Crippen LogP) is 2.15. The van der Waals surface area contributed by atoms with Crippen LogP contribution in [0.25, 0.3) is 0 Å². The quantitative estimate of drug-likeness (QED) is 0.835. The Kier molecular flexibility index (Phi) is 5.25. The summed E-state index contributed by atoms with van der Waals surface area (Å²) in [5, 5.41) is 8.27. The molecule has 1 heterocycles. The van der Waals surface area contributed by atoms with Gasteiger partial charge in [0.2, 0.25) is 0 Å². The first-order valence-corrected chi connectivity index (χ1v) is 5.91. The SMILES string of the molecule is CCNC(CC(C)OC)c1c(Cl)cnn1C. The monoisotopic (exact) mass is 245 g/mol. The van der Waals surface area contributed by atoms with Gasteiger partial charge in [0.25, 0.3) is 0 Å². The van der Waals surface area contributed by atoms with Crippen LogP contribution in [0.4, 0.5) is 0 Å². The molecule has 0 amide bonds. The Hall–Kier alpha value is -0.580. The second-order valence-electron chi connectivity index (χ2n) is 3.89. The Morgan fingerprint density at radius 3 is 2.75 bits per heavy atom. The lowest BCUT2D eigenvalue weighted by Crippen LogP contribution is -2.27. The second kappa shape index (κ2) is 6.23. The summed E-state index contributed by atoms with van der Waals surface area (Å²) in [5.74, 6) is 0. The average Bonchev–Trinajstić information content (AvgIpc) is 2.58. The Balaban J connectivity index is 2.84. The van der Waals surface area contributed by atoms with Gasteiger partial charge in [0.05, 0.1) is 29.1 Å². The zero-order valence-corrected chi connectivity index (χ0v) is 11.1. The molecule has 0 aromatic carbocycles. The number of hydrogen-bond acceptors (Lipinski definition) is 3. The average molecular weight is 246 g/mol. The van der Waals surface area contributed by atoms with Crippen LogP contribution in [0.3, 0.4) is 0 Å². The van der Waals surface area contributed by atoms with Crippen molar-refractivity contribution >= 4 is 11.6 Å². The van der Waals surface area contributed by atoms with Crippen molar-refractivity contribution in [3.63, 3.8) is 0 Å². The summed E-state index contributed by atoms with van der Waals surface area (Å²) < 4.78 is 7.11. The summed E-state index contributed by atoms with van der Waals surface area (Å²) >= 11 is 6.14. The minimum atomic E-state index is 0.181. The Labute approximate surface area is 102 Å². The van der Waals surface area contributed by atoms with Crippen LogP contribution in [0.5, 0.6) is 0 Å². The predicted molar refractivity (Wildman–Crippen MR) is 65.7 cm³/mol. The zero-order chi connectivity index (χ0) is 12.1. The van der Waals surface area contributed by atoms with Crippen molar-refractivity contribution in [2.45, 2.75) is 32.4 Å². The number of nitrogens with zero attached hydrogens (tertiary/aromatic N) is 2. The summed E-state index contributed by atoms with van der Waals surface area (Å²) in [7, 11) is 3.63. The maximum Gasteiger partial charge on any atom is 0.0834 e. The maximum atomic E-state index is 6.14. The third-order valence-corrected chi connectivity index (χ3v) is 2.98. The molecule has 1 aromatic rings. The van der Waals surface area contributed by atoms with E-state index in [4.69, 9.17) is 16.3 Å². The van der Waals surface area contributed by atoms with Crippen molar-refractivity contribution in [1.29, 1.82) is 0 Å². The Morgan fingerprint density at radius 2 is 2.31 bits per heavy atom. The van der Waals surface area contributed by atoms with Gasteiger partial charge in [-0.25, -0.2) is 0 Å². The van der Waals surface area contributed by atoms with Gasteiger partial charge in [-0.05, 0) is 19.9 Å². The molecule has 16 heavy (non-hydrogen) atoms. The molecular weight excluding hydrogens is 226 g/mol. The van der Waals surface area contributed by atoms with Crippen molar-refractivity contribution in [1.82, 2.24) is 15.1 Å². The van der Waals surface area contributed by atoms with Gasteiger partial charge < -0.3 is 10.1 Å². The maximum absolute atomic E-state index is 6.14. The number of hydrogen-bond donors (Lipinski definition) is 1. The first kappa shape index (κ1) is 13.5. The van der Waals surface area contributed by atoms with Gasteiger partial charge in [0.15, 0.2) is 0 Å². The van der Waals surface area contributed by atoms with Gasteiger partial charge >= 0.3 is 0 Å². The highest BCUT2D eigenvalue weighted by molar-refractivity contribution is 6.31. The highest BCUT2D eigenvalue weighted by Crippen LogP contribution is 2.25. The molecular formula is C11H20ClN3O. The van der Waals surface area contributed by atoms with Crippen molar-refractivity contribution in [3.05, 3.63) is 16.9 Å². The first-order chi connectivity index (χ1) is 7.60. The molecule has 4 nitrogen and oxygen atoms in total. The first-order valence-electron chi connectivity index (χ1n) is 5.53. The Morgan fingerprint density at radius 1 is 1.62 bits per heavy atom. The molecule has 1 N–H and O–H groups in total. The van der Waals surface area contributed by atoms with E-state index in [1.807, 2.05) is 11.7 Å². The van der Waals surface area contributed by atoms with E-state index in [2.05, 4.69) is 24.3 Å². The molecule has 2 unspecified atom stereocenters. The van der Waals surface area contributed by atoms with Crippen molar-refractivity contribution in [2.24, 2.45) is 7.05 Å². The lowest BCUT2D eigenvalue weighted by molar-refractivity contribution is 0.0996. The largest absolute Gasteiger partial charge is 0.382 e. The molecule has 5 heteroatoms. The molecule has 0 aliphatic carbocycles. The van der Waals surface area contributed by atoms with E-state index < -0.39 is 0 Å². The molecule has 0 saturated heterocycles. The normalized spacial score (nSPS) is 15.1. The summed E-state index contributed by atoms with van der Waals surface area (Å²) in [6, 6.07) is 0.181. The highest BCUT2D eigenvalue weighted by atomic mass is 35.5. The fourth-order valence-electron chi connectivity index (χ4n) is 1.78. The number of ether oxygens (including phenoxy) is 1. The zero-order valence-electron chi connectivity index (χ0n) is 10.3.